The van der Waals surface area contributed by atoms with E-state index in [2.05, 4.69) is 13.8 Å². The van der Waals surface area contributed by atoms with Gasteiger partial charge in [-0.05, 0) is 25.1 Å². The first-order valence-corrected chi connectivity index (χ1v) is 7.11. The summed E-state index contributed by atoms with van der Waals surface area (Å²) in [7, 11) is 3.59. The Labute approximate surface area is 138 Å². The van der Waals surface area contributed by atoms with Gasteiger partial charge in [-0.1, -0.05) is 32.0 Å². The lowest BCUT2D eigenvalue weighted by Crippen LogP contribution is -2.42. The molecule has 0 saturated carbocycles. The number of hydrogen-bond donors (Lipinski definition) is 1. The molecule has 0 heterocycles. The summed E-state index contributed by atoms with van der Waals surface area (Å²) in [5.41, 5.74) is 6.20. The fourth-order valence-electron chi connectivity index (χ4n) is 2.17. The third-order valence-corrected chi connectivity index (χ3v) is 3.45. The molecule has 0 aliphatic carbocycles. The lowest BCUT2D eigenvalue weighted by molar-refractivity contribution is -0.131. The molecular weight excluding hydrogens is 305 g/mol. The van der Waals surface area contributed by atoms with Crippen LogP contribution in [0, 0.1) is 11.2 Å². The third-order valence-electron chi connectivity index (χ3n) is 3.45. The van der Waals surface area contributed by atoms with E-state index >= 15 is 0 Å². The average molecular weight is 332 g/mol. The molecule has 0 spiro atoms. The van der Waals surface area contributed by atoms with E-state index in [4.69, 9.17) is 5.73 Å². The monoisotopic (exact) mass is 331 g/mol. The summed E-state index contributed by atoms with van der Waals surface area (Å²) in [6.07, 6.45) is 0. The van der Waals surface area contributed by atoms with Crippen LogP contribution in [0.3, 0.4) is 0 Å². The molecule has 0 atom stereocenters. The van der Waals surface area contributed by atoms with Crippen molar-refractivity contribution in [3.05, 3.63) is 35.6 Å². The van der Waals surface area contributed by atoms with Crippen LogP contribution in [0.15, 0.2) is 24.3 Å². The second-order valence-electron chi connectivity index (χ2n) is 6.38. The topological polar surface area (TPSA) is 49.6 Å². The first kappa shape index (κ1) is 20.8. The van der Waals surface area contributed by atoms with Gasteiger partial charge in [0.05, 0.1) is 6.54 Å². The molecule has 1 aromatic rings. The van der Waals surface area contributed by atoms with E-state index in [0.717, 1.165) is 6.54 Å². The number of likely N-dealkylation sites (N-methyl/N-ethyl adjacent to an activating group) is 2. The Morgan fingerprint density at radius 1 is 1.27 bits per heavy atom. The summed E-state index contributed by atoms with van der Waals surface area (Å²) in [6.45, 7) is 6.02. The molecule has 0 fully saturated rings. The van der Waals surface area contributed by atoms with Gasteiger partial charge < -0.3 is 10.6 Å². The summed E-state index contributed by atoms with van der Waals surface area (Å²) < 4.78 is 13.6. The molecule has 6 heteroatoms. The zero-order valence-corrected chi connectivity index (χ0v) is 14.6. The molecule has 0 saturated heterocycles. The van der Waals surface area contributed by atoms with E-state index in [1.54, 1.807) is 30.1 Å². The number of amides is 1. The van der Waals surface area contributed by atoms with E-state index in [-0.39, 0.29) is 36.1 Å². The van der Waals surface area contributed by atoms with Gasteiger partial charge in [0, 0.05) is 25.7 Å². The maximum Gasteiger partial charge on any atom is 0.236 e. The quantitative estimate of drug-likeness (QED) is 0.832. The van der Waals surface area contributed by atoms with Gasteiger partial charge in [-0.3, -0.25) is 9.69 Å². The Morgan fingerprint density at radius 3 is 2.41 bits per heavy atom. The smallest absolute Gasteiger partial charge is 0.236 e. The van der Waals surface area contributed by atoms with Crippen molar-refractivity contribution >= 4 is 18.3 Å². The van der Waals surface area contributed by atoms with Gasteiger partial charge in [0.15, 0.2) is 0 Å². The lowest BCUT2D eigenvalue weighted by atomic mass is 9.93. The van der Waals surface area contributed by atoms with Gasteiger partial charge in [0.25, 0.3) is 0 Å². The van der Waals surface area contributed by atoms with Gasteiger partial charge >= 0.3 is 0 Å². The summed E-state index contributed by atoms with van der Waals surface area (Å²) in [4.78, 5) is 15.7. The van der Waals surface area contributed by atoms with E-state index in [0.29, 0.717) is 18.7 Å². The number of carbonyl (C=O) groups excluding carboxylic acids is 1. The van der Waals surface area contributed by atoms with Crippen molar-refractivity contribution in [2.45, 2.75) is 20.4 Å². The zero-order chi connectivity index (χ0) is 16.0. The molecule has 4 nitrogen and oxygen atoms in total. The number of hydrogen-bond acceptors (Lipinski definition) is 3. The number of rotatable bonds is 7. The summed E-state index contributed by atoms with van der Waals surface area (Å²) >= 11 is 0. The molecular formula is C16H27ClFN3O. The minimum atomic E-state index is -0.283. The molecule has 126 valence electrons. The molecule has 22 heavy (non-hydrogen) atoms. The molecule has 1 amide bonds. The van der Waals surface area contributed by atoms with Crippen molar-refractivity contribution in [2.75, 3.05) is 33.7 Å². The van der Waals surface area contributed by atoms with Crippen LogP contribution in [-0.4, -0.2) is 49.4 Å². The molecule has 0 unspecified atom stereocenters. The summed E-state index contributed by atoms with van der Waals surface area (Å²) in [6, 6.07) is 6.51. The van der Waals surface area contributed by atoms with E-state index in [1.165, 1.54) is 6.07 Å². The van der Waals surface area contributed by atoms with E-state index in [1.807, 2.05) is 11.9 Å². The molecule has 1 aromatic carbocycles. The number of halogens is 2. The highest BCUT2D eigenvalue weighted by Crippen LogP contribution is 2.14. The average Bonchev–Trinajstić information content (AvgIpc) is 2.40. The van der Waals surface area contributed by atoms with E-state index < -0.39 is 0 Å². The first-order valence-electron chi connectivity index (χ1n) is 7.11. The Bertz CT molecular complexity index is 482. The first-order chi connectivity index (χ1) is 9.75. The Morgan fingerprint density at radius 2 is 1.86 bits per heavy atom. The Hall–Kier alpha value is -1.17. The summed E-state index contributed by atoms with van der Waals surface area (Å²) in [5, 5.41) is 0. The van der Waals surface area contributed by atoms with E-state index in [9.17, 15) is 9.18 Å². The minimum absolute atomic E-state index is 0. The largest absolute Gasteiger partial charge is 0.340 e. The van der Waals surface area contributed by atoms with Gasteiger partial charge in [0.1, 0.15) is 5.82 Å². The van der Waals surface area contributed by atoms with Crippen LogP contribution in [-0.2, 0) is 11.3 Å². The zero-order valence-electron chi connectivity index (χ0n) is 13.8. The molecule has 0 radical (unpaired) electrons. The molecule has 2 N–H and O–H groups in total. The van der Waals surface area contributed by atoms with Crippen LogP contribution >= 0.6 is 12.4 Å². The van der Waals surface area contributed by atoms with Gasteiger partial charge in [-0.2, -0.15) is 0 Å². The van der Waals surface area contributed by atoms with Crippen LogP contribution < -0.4 is 5.73 Å². The maximum absolute atomic E-state index is 13.6. The molecule has 0 aliphatic heterocycles. The van der Waals surface area contributed by atoms with Crippen LogP contribution in [0.5, 0.6) is 0 Å². The molecule has 0 aromatic heterocycles. The summed E-state index contributed by atoms with van der Waals surface area (Å²) in [5.74, 6) is -0.316. The Balaban J connectivity index is 0.00000441. The fraction of sp³-hybridized carbons (Fsp3) is 0.562. The number of benzene rings is 1. The number of carbonyl (C=O) groups is 1. The highest BCUT2D eigenvalue weighted by Gasteiger charge is 2.20. The number of nitrogens with two attached hydrogens (primary N) is 1. The van der Waals surface area contributed by atoms with Crippen molar-refractivity contribution in [3.8, 4) is 0 Å². The van der Waals surface area contributed by atoms with Crippen molar-refractivity contribution in [1.29, 1.82) is 0 Å². The molecule has 0 bridgehead atoms. The Kier molecular flexibility index (Phi) is 8.60. The highest BCUT2D eigenvalue weighted by molar-refractivity contribution is 5.85. The third kappa shape index (κ3) is 6.73. The van der Waals surface area contributed by atoms with Crippen molar-refractivity contribution in [3.63, 3.8) is 0 Å². The standard InChI is InChI=1S/C16H26FN3O.ClH/c1-16(2,11-18)12-19(3)10-15(21)20(4)9-13-7-5-6-8-14(13)17;/h5-8H,9-12,18H2,1-4H3;1H. The predicted molar refractivity (Wildman–Crippen MR) is 90.5 cm³/mol. The predicted octanol–water partition coefficient (Wildman–Crippen LogP) is 2.12. The number of nitrogens with zero attached hydrogens (tertiary/aromatic N) is 2. The van der Waals surface area contributed by atoms with Crippen molar-refractivity contribution in [1.82, 2.24) is 9.80 Å². The molecule has 0 aliphatic rings. The van der Waals surface area contributed by atoms with Gasteiger partial charge in [-0.15, -0.1) is 12.4 Å². The van der Waals surface area contributed by atoms with Crippen LogP contribution in [0.25, 0.3) is 0 Å². The SMILES string of the molecule is CN(CC(=O)N(C)Cc1ccccc1F)CC(C)(C)CN.Cl. The fourth-order valence-corrected chi connectivity index (χ4v) is 2.17. The van der Waals surface area contributed by atoms with Gasteiger partial charge in [0.2, 0.25) is 5.91 Å². The minimum Gasteiger partial charge on any atom is -0.340 e. The molecule has 1 rings (SSSR count). The second kappa shape index (κ2) is 9.08. The van der Waals surface area contributed by atoms with Crippen molar-refractivity contribution < 1.29 is 9.18 Å². The van der Waals surface area contributed by atoms with Gasteiger partial charge in [-0.25, -0.2) is 4.39 Å². The van der Waals surface area contributed by atoms with Crippen LogP contribution in [0.1, 0.15) is 19.4 Å². The normalized spacial score (nSPS) is 11.2. The maximum atomic E-state index is 13.6. The van der Waals surface area contributed by atoms with Crippen LogP contribution in [0.2, 0.25) is 0 Å². The highest BCUT2D eigenvalue weighted by atomic mass is 35.5. The lowest BCUT2D eigenvalue weighted by Gasteiger charge is -2.29. The van der Waals surface area contributed by atoms with Crippen LogP contribution in [0.4, 0.5) is 4.39 Å². The second-order valence-corrected chi connectivity index (χ2v) is 6.38. The van der Waals surface area contributed by atoms with Crippen molar-refractivity contribution in [2.24, 2.45) is 11.1 Å².